The van der Waals surface area contributed by atoms with Gasteiger partial charge in [-0.05, 0) is 56.2 Å². The van der Waals surface area contributed by atoms with Gasteiger partial charge in [0.15, 0.2) is 11.5 Å². The Labute approximate surface area is 222 Å². The van der Waals surface area contributed by atoms with Gasteiger partial charge in [-0.2, -0.15) is 5.10 Å². The van der Waals surface area contributed by atoms with Gasteiger partial charge < -0.3 is 19.2 Å². The van der Waals surface area contributed by atoms with Crippen molar-refractivity contribution in [1.82, 2.24) is 9.78 Å². The number of carbonyl (C=O) groups is 2. The van der Waals surface area contributed by atoms with Gasteiger partial charge in [-0.25, -0.2) is 4.79 Å². The molecule has 0 aliphatic heterocycles. The molecular formula is C30H33N3O5. The van der Waals surface area contributed by atoms with Crippen molar-refractivity contribution in [2.75, 3.05) is 5.32 Å². The number of nitrogens with one attached hydrogen (secondary N) is 1. The minimum Gasteiger partial charge on any atom is -0.486 e. The van der Waals surface area contributed by atoms with Crippen LogP contribution >= 0.6 is 0 Å². The van der Waals surface area contributed by atoms with E-state index < -0.39 is 11.9 Å². The molecule has 1 amide bonds. The lowest BCUT2D eigenvalue weighted by atomic mass is 9.78. The highest BCUT2D eigenvalue weighted by molar-refractivity contribution is 6.06. The summed E-state index contributed by atoms with van der Waals surface area (Å²) in [7, 11) is 0. The summed E-state index contributed by atoms with van der Waals surface area (Å²) in [4.78, 5) is 25.2. The number of anilines is 1. The van der Waals surface area contributed by atoms with Crippen molar-refractivity contribution in [3.63, 3.8) is 0 Å². The summed E-state index contributed by atoms with van der Waals surface area (Å²) in [6, 6.07) is 21.6. The molecule has 1 N–H and O–H groups in total. The number of rotatable bonds is 10. The van der Waals surface area contributed by atoms with Crippen LogP contribution in [0, 0.1) is 0 Å². The smallest absolute Gasteiger partial charge is 0.361 e. The molecule has 0 aliphatic rings. The second-order valence-electron chi connectivity index (χ2n) is 9.73. The number of amides is 1. The summed E-state index contributed by atoms with van der Waals surface area (Å²) >= 11 is 0. The molecule has 38 heavy (non-hydrogen) atoms. The third-order valence-electron chi connectivity index (χ3n) is 6.21. The largest absolute Gasteiger partial charge is 0.486 e. The number of hydrogen-bond acceptors (Lipinski definition) is 6. The second kappa shape index (κ2) is 11.4. The van der Waals surface area contributed by atoms with Crippen LogP contribution in [0.4, 0.5) is 5.69 Å². The molecule has 2 aromatic heterocycles. The van der Waals surface area contributed by atoms with Crippen molar-refractivity contribution in [3.8, 4) is 5.75 Å². The van der Waals surface area contributed by atoms with Crippen molar-refractivity contribution in [1.29, 1.82) is 0 Å². The van der Waals surface area contributed by atoms with Gasteiger partial charge in [0, 0.05) is 18.2 Å². The van der Waals surface area contributed by atoms with Crippen molar-refractivity contribution in [3.05, 3.63) is 101 Å². The van der Waals surface area contributed by atoms with Gasteiger partial charge in [-0.15, -0.1) is 0 Å². The van der Waals surface area contributed by atoms with Gasteiger partial charge in [0.1, 0.15) is 18.1 Å². The van der Waals surface area contributed by atoms with Crippen molar-refractivity contribution < 1.29 is 23.5 Å². The summed E-state index contributed by atoms with van der Waals surface area (Å²) in [6.07, 6.45) is 1.28. The Morgan fingerprint density at radius 1 is 1.00 bits per heavy atom. The Bertz CT molecular complexity index is 1390. The van der Waals surface area contributed by atoms with E-state index >= 15 is 0 Å². The van der Waals surface area contributed by atoms with Gasteiger partial charge in [0.25, 0.3) is 5.91 Å². The molecule has 0 saturated carbocycles. The summed E-state index contributed by atoms with van der Waals surface area (Å²) < 4.78 is 18.4. The second-order valence-corrected chi connectivity index (χ2v) is 9.73. The first-order valence-electron chi connectivity index (χ1n) is 12.6. The minimum atomic E-state index is -0.603. The fourth-order valence-electron chi connectivity index (χ4n) is 4.00. The van der Waals surface area contributed by atoms with E-state index in [0.717, 1.165) is 0 Å². The fourth-order valence-corrected chi connectivity index (χ4v) is 4.00. The average Bonchev–Trinajstić information content (AvgIpc) is 3.55. The molecule has 4 rings (SSSR count). The molecule has 0 unspecified atom stereocenters. The lowest BCUT2D eigenvalue weighted by Crippen LogP contribution is -2.18. The molecule has 0 saturated heterocycles. The van der Waals surface area contributed by atoms with E-state index in [4.69, 9.17) is 13.9 Å². The van der Waals surface area contributed by atoms with E-state index in [1.54, 1.807) is 36.9 Å². The quantitative estimate of drug-likeness (QED) is 0.252. The summed E-state index contributed by atoms with van der Waals surface area (Å²) in [6.45, 7) is 10.5. The molecule has 8 heteroatoms. The van der Waals surface area contributed by atoms with Crippen LogP contribution in [0.1, 0.15) is 72.5 Å². The van der Waals surface area contributed by atoms with E-state index in [1.165, 1.54) is 11.1 Å². The van der Waals surface area contributed by atoms with E-state index in [1.807, 2.05) is 37.3 Å². The third kappa shape index (κ3) is 6.14. The zero-order chi connectivity index (χ0) is 27.3. The van der Waals surface area contributed by atoms with Crippen LogP contribution in [-0.2, 0) is 23.3 Å². The number of hydrogen-bond donors (Lipinski definition) is 1. The van der Waals surface area contributed by atoms with E-state index in [-0.39, 0.29) is 35.3 Å². The molecular weight excluding hydrogens is 482 g/mol. The highest BCUT2D eigenvalue weighted by Crippen LogP contribution is 2.32. The molecule has 198 valence electrons. The highest BCUT2D eigenvalue weighted by Gasteiger charge is 2.24. The Morgan fingerprint density at radius 3 is 2.34 bits per heavy atom. The Hall–Kier alpha value is -4.33. The lowest BCUT2D eigenvalue weighted by Gasteiger charge is -2.26. The third-order valence-corrected chi connectivity index (χ3v) is 6.21. The number of ether oxygens (including phenoxy) is 2. The molecule has 4 aromatic rings. The Balaban J connectivity index is 1.38. The van der Waals surface area contributed by atoms with E-state index in [0.29, 0.717) is 18.1 Å². The van der Waals surface area contributed by atoms with Crippen molar-refractivity contribution in [2.24, 2.45) is 0 Å². The Morgan fingerprint density at radius 2 is 1.68 bits per heavy atom. The predicted molar refractivity (Wildman–Crippen MR) is 144 cm³/mol. The van der Waals surface area contributed by atoms with Crippen LogP contribution in [-0.4, -0.2) is 27.8 Å². The number of nitrogens with zero attached hydrogens (tertiary/aromatic N) is 2. The zero-order valence-electron chi connectivity index (χ0n) is 22.4. The molecule has 2 heterocycles. The first-order valence-corrected chi connectivity index (χ1v) is 12.6. The standard InChI is InChI=1S/C30H33N3O5/c1-6-33-18-25(27(32-33)29(35)37-20(2)3)31-28(34)26-17-16-24(38-26)19-36-23-14-12-22(13-15-23)30(4,5)21-10-8-7-9-11-21/h7-18,20H,6,19H2,1-5H3,(H,31,34). The topological polar surface area (TPSA) is 95.6 Å². The number of furan rings is 1. The van der Waals surface area contributed by atoms with Crippen LogP contribution in [0.2, 0.25) is 0 Å². The molecule has 0 atom stereocenters. The normalized spacial score (nSPS) is 11.4. The van der Waals surface area contributed by atoms with Crippen LogP contribution < -0.4 is 10.1 Å². The highest BCUT2D eigenvalue weighted by atomic mass is 16.5. The van der Waals surface area contributed by atoms with Crippen LogP contribution in [0.15, 0.2) is 77.3 Å². The predicted octanol–water partition coefficient (Wildman–Crippen LogP) is 6.22. The van der Waals surface area contributed by atoms with Gasteiger partial charge in [-0.3, -0.25) is 9.48 Å². The molecule has 0 aliphatic carbocycles. The average molecular weight is 516 g/mol. The summed E-state index contributed by atoms with van der Waals surface area (Å²) in [5.41, 5.74) is 2.58. The zero-order valence-corrected chi connectivity index (χ0v) is 22.4. The summed E-state index contributed by atoms with van der Waals surface area (Å²) in [5.74, 6) is 0.177. The van der Waals surface area contributed by atoms with Crippen molar-refractivity contribution in [2.45, 2.75) is 59.3 Å². The van der Waals surface area contributed by atoms with Crippen LogP contribution in [0.25, 0.3) is 0 Å². The maximum atomic E-state index is 12.8. The maximum absolute atomic E-state index is 12.8. The molecule has 0 spiro atoms. The lowest BCUT2D eigenvalue weighted by molar-refractivity contribution is 0.0371. The molecule has 0 radical (unpaired) electrons. The molecule has 0 fully saturated rings. The van der Waals surface area contributed by atoms with Gasteiger partial charge >= 0.3 is 5.97 Å². The van der Waals surface area contributed by atoms with Crippen LogP contribution in [0.5, 0.6) is 5.75 Å². The van der Waals surface area contributed by atoms with Gasteiger partial charge in [0.2, 0.25) is 0 Å². The first-order chi connectivity index (χ1) is 18.2. The minimum absolute atomic E-state index is 0.0444. The number of aromatic nitrogens is 2. The monoisotopic (exact) mass is 515 g/mol. The van der Waals surface area contributed by atoms with E-state index in [9.17, 15) is 9.59 Å². The molecule has 0 bridgehead atoms. The number of aryl methyl sites for hydroxylation is 1. The SMILES string of the molecule is CCn1cc(NC(=O)c2ccc(COc3ccc(C(C)(C)c4ccccc4)cc3)o2)c(C(=O)OC(C)C)n1. The van der Waals surface area contributed by atoms with Gasteiger partial charge in [0.05, 0.1) is 11.8 Å². The number of benzene rings is 2. The van der Waals surface area contributed by atoms with Gasteiger partial charge in [-0.1, -0.05) is 56.3 Å². The maximum Gasteiger partial charge on any atom is 0.361 e. The summed E-state index contributed by atoms with van der Waals surface area (Å²) in [5, 5.41) is 6.91. The number of esters is 1. The van der Waals surface area contributed by atoms with Crippen molar-refractivity contribution >= 4 is 17.6 Å². The fraction of sp³-hybridized carbons (Fsp3) is 0.300. The van der Waals surface area contributed by atoms with Crippen LogP contribution in [0.3, 0.4) is 0 Å². The van der Waals surface area contributed by atoms with E-state index in [2.05, 4.69) is 48.5 Å². The molecule has 2 aromatic carbocycles. The molecule has 8 nitrogen and oxygen atoms in total. The number of carbonyl (C=O) groups excluding carboxylic acids is 2. The Kier molecular flexibility index (Phi) is 8.00. The first kappa shape index (κ1) is 26.7.